The summed E-state index contributed by atoms with van der Waals surface area (Å²) in [5, 5.41) is 15.7. The van der Waals surface area contributed by atoms with Crippen molar-refractivity contribution in [3.8, 4) is 11.5 Å². The first-order valence-corrected chi connectivity index (χ1v) is 5.93. The molecule has 0 atom stereocenters. The molecule has 0 radical (unpaired) electrons. The molecule has 0 amide bonds. The van der Waals surface area contributed by atoms with Crippen molar-refractivity contribution in [3.63, 3.8) is 0 Å². The van der Waals surface area contributed by atoms with Crippen molar-refractivity contribution in [3.05, 3.63) is 34.4 Å². The minimum atomic E-state index is -1.10. The van der Waals surface area contributed by atoms with Crippen LogP contribution in [0.15, 0.2) is 27.1 Å². The van der Waals surface area contributed by atoms with Crippen LogP contribution in [0.2, 0.25) is 0 Å². The fourth-order valence-electron chi connectivity index (χ4n) is 1.31. The number of aromatic nitrogens is 2. The molecule has 2 aromatic rings. The molecule has 0 saturated heterocycles. The van der Waals surface area contributed by atoms with E-state index in [1.165, 1.54) is 12.1 Å². The zero-order valence-corrected chi connectivity index (χ0v) is 11.1. The molecule has 6 nitrogen and oxygen atoms in total. The largest absolute Gasteiger partial charge is 0.480 e. The first-order valence-electron chi connectivity index (χ1n) is 5.13. The summed E-state index contributed by atoms with van der Waals surface area (Å²) < 4.78 is 24.2. The summed E-state index contributed by atoms with van der Waals surface area (Å²) in [5.74, 6) is -1.51. The van der Waals surface area contributed by atoms with Crippen LogP contribution in [0.25, 0.3) is 11.5 Å². The number of ether oxygens (including phenoxy) is 1. The quantitative estimate of drug-likeness (QED) is 0.904. The third kappa shape index (κ3) is 3.58. The Bertz CT molecular complexity index is 602. The van der Waals surface area contributed by atoms with Crippen molar-refractivity contribution in [1.82, 2.24) is 10.2 Å². The molecule has 0 spiro atoms. The maximum absolute atomic E-state index is 13.6. The van der Waals surface area contributed by atoms with Crippen molar-refractivity contribution >= 4 is 21.9 Å². The van der Waals surface area contributed by atoms with E-state index in [0.717, 1.165) is 0 Å². The Morgan fingerprint density at radius 3 is 3.00 bits per heavy atom. The summed E-state index contributed by atoms with van der Waals surface area (Å²) in [4.78, 5) is 10.3. The van der Waals surface area contributed by atoms with Crippen LogP contribution in [0.4, 0.5) is 4.39 Å². The molecule has 2 rings (SSSR count). The van der Waals surface area contributed by atoms with Crippen molar-refractivity contribution in [2.45, 2.75) is 6.61 Å². The Labute approximate surface area is 115 Å². The highest BCUT2D eigenvalue weighted by Crippen LogP contribution is 2.25. The van der Waals surface area contributed by atoms with Gasteiger partial charge in [-0.05, 0) is 18.2 Å². The zero-order chi connectivity index (χ0) is 13.8. The number of carboxylic acids is 1. The van der Waals surface area contributed by atoms with Crippen LogP contribution in [0, 0.1) is 5.82 Å². The smallest absolute Gasteiger partial charge is 0.329 e. The number of nitrogens with zero attached hydrogens (tertiary/aromatic N) is 2. The molecule has 1 heterocycles. The molecule has 1 aromatic carbocycles. The van der Waals surface area contributed by atoms with E-state index < -0.39 is 18.4 Å². The normalized spacial score (nSPS) is 10.6. The van der Waals surface area contributed by atoms with Crippen molar-refractivity contribution in [2.75, 3.05) is 6.61 Å². The first kappa shape index (κ1) is 13.6. The molecule has 0 saturated carbocycles. The zero-order valence-electron chi connectivity index (χ0n) is 9.47. The highest BCUT2D eigenvalue weighted by molar-refractivity contribution is 9.10. The van der Waals surface area contributed by atoms with Gasteiger partial charge in [0.1, 0.15) is 19.0 Å². The third-order valence-corrected chi connectivity index (χ3v) is 2.57. The van der Waals surface area contributed by atoms with Crippen LogP contribution in [0.5, 0.6) is 0 Å². The van der Waals surface area contributed by atoms with Gasteiger partial charge in [0.15, 0.2) is 0 Å². The summed E-state index contributed by atoms with van der Waals surface area (Å²) in [5.41, 5.74) is 0.159. The van der Waals surface area contributed by atoms with Crippen LogP contribution in [0.1, 0.15) is 5.89 Å². The molecule has 1 N–H and O–H groups in total. The number of halogens is 2. The van der Waals surface area contributed by atoms with E-state index in [1.807, 2.05) is 0 Å². The van der Waals surface area contributed by atoms with E-state index in [-0.39, 0.29) is 24.0 Å². The number of benzene rings is 1. The number of rotatable bonds is 5. The molecule has 0 unspecified atom stereocenters. The highest BCUT2D eigenvalue weighted by atomic mass is 79.9. The standard InChI is InChI=1S/C11H8BrFN2O4/c12-6-1-2-8(13)7(3-6)11-15-14-9(19-11)4-18-5-10(16)17/h1-3H,4-5H2,(H,16,17). The number of hydrogen-bond acceptors (Lipinski definition) is 5. The second kappa shape index (κ2) is 5.89. The van der Waals surface area contributed by atoms with E-state index in [2.05, 4.69) is 26.1 Å². The lowest BCUT2D eigenvalue weighted by atomic mass is 10.2. The van der Waals surface area contributed by atoms with Crippen LogP contribution in [0.3, 0.4) is 0 Å². The number of hydrogen-bond donors (Lipinski definition) is 1. The van der Waals surface area contributed by atoms with Gasteiger partial charge in [-0.1, -0.05) is 15.9 Å². The van der Waals surface area contributed by atoms with Gasteiger partial charge in [0.25, 0.3) is 5.89 Å². The maximum atomic E-state index is 13.6. The monoisotopic (exact) mass is 330 g/mol. The van der Waals surface area contributed by atoms with E-state index >= 15 is 0 Å². The number of aliphatic carboxylic acids is 1. The van der Waals surface area contributed by atoms with Crippen LogP contribution >= 0.6 is 15.9 Å². The Kier molecular flexibility index (Phi) is 4.23. The van der Waals surface area contributed by atoms with Crippen LogP contribution < -0.4 is 0 Å². The van der Waals surface area contributed by atoms with Gasteiger partial charge in [-0.2, -0.15) is 0 Å². The van der Waals surface area contributed by atoms with Crippen LogP contribution in [-0.2, 0) is 16.1 Å². The van der Waals surface area contributed by atoms with Gasteiger partial charge in [0.05, 0.1) is 5.56 Å². The molecule has 0 aliphatic rings. The average molecular weight is 331 g/mol. The Morgan fingerprint density at radius 1 is 1.47 bits per heavy atom. The second-order valence-electron chi connectivity index (χ2n) is 3.51. The predicted molar refractivity (Wildman–Crippen MR) is 64.7 cm³/mol. The van der Waals surface area contributed by atoms with Gasteiger partial charge < -0.3 is 14.3 Å². The minimum Gasteiger partial charge on any atom is -0.480 e. The Balaban J connectivity index is 2.12. The molecule has 19 heavy (non-hydrogen) atoms. The number of carboxylic acid groups (broad SMARTS) is 1. The highest BCUT2D eigenvalue weighted by Gasteiger charge is 2.13. The van der Waals surface area contributed by atoms with E-state index in [4.69, 9.17) is 14.3 Å². The third-order valence-electron chi connectivity index (χ3n) is 2.08. The maximum Gasteiger partial charge on any atom is 0.329 e. The molecule has 8 heteroatoms. The molecule has 0 aliphatic carbocycles. The molecule has 0 fully saturated rings. The molecule has 1 aromatic heterocycles. The predicted octanol–water partition coefficient (Wildman–Crippen LogP) is 2.24. The first-order chi connectivity index (χ1) is 9.06. The second-order valence-corrected chi connectivity index (χ2v) is 4.43. The van der Waals surface area contributed by atoms with Gasteiger partial charge in [-0.15, -0.1) is 10.2 Å². The van der Waals surface area contributed by atoms with Gasteiger partial charge in [-0.25, -0.2) is 9.18 Å². The summed E-state index contributed by atoms with van der Waals surface area (Å²) >= 11 is 3.21. The van der Waals surface area contributed by atoms with Gasteiger partial charge in [0, 0.05) is 4.47 Å². The fourth-order valence-corrected chi connectivity index (χ4v) is 1.67. The lowest BCUT2D eigenvalue weighted by Crippen LogP contribution is -2.06. The lowest BCUT2D eigenvalue weighted by Gasteiger charge is -1.98. The molecular formula is C11H8BrFN2O4. The molecule has 0 aliphatic heterocycles. The summed E-state index contributed by atoms with van der Waals surface area (Å²) in [6.07, 6.45) is 0. The van der Waals surface area contributed by atoms with Crippen molar-refractivity contribution in [1.29, 1.82) is 0 Å². The van der Waals surface area contributed by atoms with Gasteiger partial charge in [-0.3, -0.25) is 0 Å². The van der Waals surface area contributed by atoms with Gasteiger partial charge >= 0.3 is 5.97 Å². The van der Waals surface area contributed by atoms with E-state index in [9.17, 15) is 9.18 Å². The van der Waals surface area contributed by atoms with Crippen molar-refractivity contribution in [2.24, 2.45) is 0 Å². The fraction of sp³-hybridized carbons (Fsp3) is 0.182. The Hall–Kier alpha value is -1.80. The molecule has 100 valence electrons. The average Bonchev–Trinajstić information content (AvgIpc) is 2.80. The van der Waals surface area contributed by atoms with E-state index in [1.54, 1.807) is 6.07 Å². The summed E-state index contributed by atoms with van der Waals surface area (Å²) in [6, 6.07) is 4.32. The molecular weight excluding hydrogens is 323 g/mol. The number of carbonyl (C=O) groups is 1. The van der Waals surface area contributed by atoms with Crippen LogP contribution in [-0.4, -0.2) is 27.9 Å². The topological polar surface area (TPSA) is 85.5 Å². The van der Waals surface area contributed by atoms with E-state index in [0.29, 0.717) is 4.47 Å². The summed E-state index contributed by atoms with van der Waals surface area (Å²) in [7, 11) is 0. The van der Waals surface area contributed by atoms with Crippen molar-refractivity contribution < 1.29 is 23.4 Å². The molecule has 0 bridgehead atoms. The Morgan fingerprint density at radius 2 is 2.26 bits per heavy atom. The lowest BCUT2D eigenvalue weighted by molar-refractivity contribution is -0.142. The minimum absolute atomic E-state index is 0.00715. The van der Waals surface area contributed by atoms with Gasteiger partial charge in [0.2, 0.25) is 5.89 Å². The SMILES string of the molecule is O=C(O)COCc1nnc(-c2cc(Br)ccc2F)o1. The summed E-state index contributed by atoms with van der Waals surface area (Å²) in [6.45, 7) is -0.613.